The van der Waals surface area contributed by atoms with E-state index in [2.05, 4.69) is 10.2 Å². The standard InChI is InChI=1S/C14H16ClN3O3/c1-21-18(7-2-8-19)14(20)13-9-12(16-17-13)10-3-5-11(15)6-4-10/h3-6,9,19H,2,7-8H2,1H3,(H,16,17). The molecule has 0 saturated heterocycles. The summed E-state index contributed by atoms with van der Waals surface area (Å²) in [5.41, 5.74) is 1.82. The van der Waals surface area contributed by atoms with E-state index in [-0.39, 0.29) is 12.5 Å². The number of carbonyl (C=O) groups is 1. The fourth-order valence-electron chi connectivity index (χ4n) is 1.82. The van der Waals surface area contributed by atoms with E-state index < -0.39 is 0 Å². The third-order valence-electron chi connectivity index (χ3n) is 2.91. The molecule has 0 atom stereocenters. The molecular weight excluding hydrogens is 294 g/mol. The fourth-order valence-corrected chi connectivity index (χ4v) is 1.95. The van der Waals surface area contributed by atoms with Gasteiger partial charge in [0.25, 0.3) is 5.91 Å². The normalized spacial score (nSPS) is 10.6. The topological polar surface area (TPSA) is 78.5 Å². The summed E-state index contributed by atoms with van der Waals surface area (Å²) in [6, 6.07) is 8.82. The molecule has 112 valence electrons. The molecule has 0 aliphatic carbocycles. The van der Waals surface area contributed by atoms with Gasteiger partial charge in [0.2, 0.25) is 0 Å². The minimum absolute atomic E-state index is 0.00780. The van der Waals surface area contributed by atoms with E-state index in [4.69, 9.17) is 21.5 Å². The lowest BCUT2D eigenvalue weighted by Crippen LogP contribution is -2.31. The average Bonchev–Trinajstić information content (AvgIpc) is 2.98. The van der Waals surface area contributed by atoms with E-state index in [0.717, 1.165) is 5.56 Å². The SMILES string of the molecule is CON(CCCO)C(=O)c1cc(-c2ccc(Cl)cc2)n[nH]1. The molecule has 7 heteroatoms. The number of carbonyl (C=O) groups excluding carboxylic acids is 1. The average molecular weight is 310 g/mol. The smallest absolute Gasteiger partial charge is 0.295 e. The van der Waals surface area contributed by atoms with Crippen LogP contribution >= 0.6 is 11.6 Å². The highest BCUT2D eigenvalue weighted by Gasteiger charge is 2.18. The number of aliphatic hydroxyl groups is 1. The van der Waals surface area contributed by atoms with Crippen molar-refractivity contribution in [3.63, 3.8) is 0 Å². The van der Waals surface area contributed by atoms with E-state index in [1.54, 1.807) is 18.2 Å². The van der Waals surface area contributed by atoms with Crippen molar-refractivity contribution in [1.82, 2.24) is 15.3 Å². The van der Waals surface area contributed by atoms with Gasteiger partial charge in [-0.1, -0.05) is 23.7 Å². The second-order valence-corrected chi connectivity index (χ2v) is 4.78. The van der Waals surface area contributed by atoms with Gasteiger partial charge >= 0.3 is 0 Å². The minimum Gasteiger partial charge on any atom is -0.396 e. The van der Waals surface area contributed by atoms with E-state index in [1.807, 2.05) is 12.1 Å². The molecule has 6 nitrogen and oxygen atoms in total. The summed E-state index contributed by atoms with van der Waals surface area (Å²) >= 11 is 5.84. The van der Waals surface area contributed by atoms with Crippen LogP contribution in [0.1, 0.15) is 16.9 Å². The number of halogens is 1. The molecule has 2 aromatic rings. The lowest BCUT2D eigenvalue weighted by molar-refractivity contribution is -0.0971. The molecule has 1 amide bonds. The summed E-state index contributed by atoms with van der Waals surface area (Å²) in [7, 11) is 1.41. The molecule has 0 bridgehead atoms. The predicted molar refractivity (Wildman–Crippen MR) is 78.8 cm³/mol. The minimum atomic E-state index is -0.335. The number of H-pyrrole nitrogens is 1. The van der Waals surface area contributed by atoms with Crippen molar-refractivity contribution in [2.75, 3.05) is 20.3 Å². The molecule has 0 spiro atoms. The van der Waals surface area contributed by atoms with Gasteiger partial charge in [0.1, 0.15) is 5.69 Å². The first-order valence-electron chi connectivity index (χ1n) is 6.44. The molecule has 0 fully saturated rings. The van der Waals surface area contributed by atoms with Crippen LogP contribution in [0.2, 0.25) is 5.02 Å². The van der Waals surface area contributed by atoms with Crippen molar-refractivity contribution in [3.8, 4) is 11.3 Å². The number of amides is 1. The Labute approximate surface area is 127 Å². The molecule has 0 saturated carbocycles. The van der Waals surface area contributed by atoms with Crippen molar-refractivity contribution in [1.29, 1.82) is 0 Å². The maximum absolute atomic E-state index is 12.2. The van der Waals surface area contributed by atoms with E-state index >= 15 is 0 Å². The zero-order valence-electron chi connectivity index (χ0n) is 11.5. The summed E-state index contributed by atoms with van der Waals surface area (Å²) in [4.78, 5) is 17.2. The van der Waals surface area contributed by atoms with Crippen LogP contribution in [0, 0.1) is 0 Å². The van der Waals surface area contributed by atoms with Crippen molar-refractivity contribution in [2.45, 2.75) is 6.42 Å². The number of hydroxylamine groups is 2. The highest BCUT2D eigenvalue weighted by atomic mass is 35.5. The molecule has 21 heavy (non-hydrogen) atoms. The van der Waals surface area contributed by atoms with Crippen molar-refractivity contribution >= 4 is 17.5 Å². The van der Waals surface area contributed by atoms with Crippen molar-refractivity contribution in [2.24, 2.45) is 0 Å². The molecule has 1 aromatic heterocycles. The van der Waals surface area contributed by atoms with Gasteiger partial charge in [0, 0.05) is 17.2 Å². The van der Waals surface area contributed by atoms with Crippen LogP contribution in [-0.2, 0) is 4.84 Å². The van der Waals surface area contributed by atoms with Crippen LogP contribution in [0.5, 0.6) is 0 Å². The second-order valence-electron chi connectivity index (χ2n) is 4.34. The molecule has 1 aromatic carbocycles. The molecule has 0 radical (unpaired) electrons. The van der Waals surface area contributed by atoms with E-state index in [1.165, 1.54) is 12.2 Å². The highest BCUT2D eigenvalue weighted by Crippen LogP contribution is 2.20. The highest BCUT2D eigenvalue weighted by molar-refractivity contribution is 6.30. The lowest BCUT2D eigenvalue weighted by atomic mass is 10.1. The number of hydrogen-bond acceptors (Lipinski definition) is 4. The Morgan fingerprint density at radius 2 is 2.14 bits per heavy atom. The molecule has 1 heterocycles. The third kappa shape index (κ3) is 3.81. The zero-order valence-corrected chi connectivity index (χ0v) is 12.3. The summed E-state index contributed by atoms with van der Waals surface area (Å²) in [5, 5.41) is 17.4. The quantitative estimate of drug-likeness (QED) is 0.801. The number of nitrogens with zero attached hydrogens (tertiary/aromatic N) is 2. The van der Waals surface area contributed by atoms with Gasteiger partial charge in [-0.2, -0.15) is 5.10 Å². The Hall–Kier alpha value is -1.89. The molecule has 0 unspecified atom stereocenters. The zero-order chi connectivity index (χ0) is 15.2. The molecule has 2 N–H and O–H groups in total. The van der Waals surface area contributed by atoms with Gasteiger partial charge in [-0.05, 0) is 24.6 Å². The van der Waals surface area contributed by atoms with E-state index in [0.29, 0.717) is 29.4 Å². The van der Waals surface area contributed by atoms with Crippen LogP contribution in [0.3, 0.4) is 0 Å². The van der Waals surface area contributed by atoms with E-state index in [9.17, 15) is 4.79 Å². The molecule has 2 rings (SSSR count). The fraction of sp³-hybridized carbons (Fsp3) is 0.286. The molecule has 0 aliphatic rings. The van der Waals surface area contributed by atoms with Crippen LogP contribution < -0.4 is 0 Å². The van der Waals surface area contributed by atoms with Gasteiger partial charge in [0.05, 0.1) is 19.3 Å². The Morgan fingerprint density at radius 3 is 2.76 bits per heavy atom. The predicted octanol–water partition coefficient (Wildman–Crippen LogP) is 2.12. The van der Waals surface area contributed by atoms with Gasteiger partial charge in [-0.3, -0.25) is 14.7 Å². The summed E-state index contributed by atoms with van der Waals surface area (Å²) in [5.74, 6) is -0.335. The Kier molecular flexibility index (Phi) is 5.32. The third-order valence-corrected chi connectivity index (χ3v) is 3.17. The summed E-state index contributed by atoms with van der Waals surface area (Å²) in [6.45, 7) is 0.299. The number of hydrogen-bond donors (Lipinski definition) is 2. The number of rotatable bonds is 6. The maximum Gasteiger partial charge on any atom is 0.295 e. The Morgan fingerprint density at radius 1 is 1.43 bits per heavy atom. The van der Waals surface area contributed by atoms with Gasteiger partial charge in [0.15, 0.2) is 0 Å². The first-order valence-corrected chi connectivity index (χ1v) is 6.81. The van der Waals surface area contributed by atoms with Crippen LogP contribution in [0.4, 0.5) is 0 Å². The van der Waals surface area contributed by atoms with Crippen molar-refractivity contribution in [3.05, 3.63) is 41.0 Å². The Balaban J connectivity index is 2.14. The van der Waals surface area contributed by atoms with Crippen LogP contribution in [-0.4, -0.2) is 46.5 Å². The van der Waals surface area contributed by atoms with Crippen LogP contribution in [0.25, 0.3) is 11.3 Å². The summed E-state index contributed by atoms with van der Waals surface area (Å²) < 4.78 is 0. The lowest BCUT2D eigenvalue weighted by Gasteiger charge is -2.17. The first-order chi connectivity index (χ1) is 10.2. The van der Waals surface area contributed by atoms with Gasteiger partial charge in [-0.15, -0.1) is 0 Å². The number of benzene rings is 1. The number of aromatic nitrogens is 2. The van der Waals surface area contributed by atoms with Crippen LogP contribution in [0.15, 0.2) is 30.3 Å². The number of aromatic amines is 1. The molecule has 0 aliphatic heterocycles. The second kappa shape index (κ2) is 7.21. The maximum atomic E-state index is 12.2. The van der Waals surface area contributed by atoms with Gasteiger partial charge in [-0.25, -0.2) is 5.06 Å². The largest absolute Gasteiger partial charge is 0.396 e. The number of aliphatic hydroxyl groups excluding tert-OH is 1. The first kappa shape index (κ1) is 15.5. The van der Waals surface area contributed by atoms with Gasteiger partial charge < -0.3 is 5.11 Å². The Bertz CT molecular complexity index is 598. The number of nitrogens with one attached hydrogen (secondary N) is 1. The monoisotopic (exact) mass is 309 g/mol. The van der Waals surface area contributed by atoms with Crippen molar-refractivity contribution < 1.29 is 14.7 Å². The molecular formula is C14H16ClN3O3. The summed E-state index contributed by atoms with van der Waals surface area (Å²) in [6.07, 6.45) is 0.442.